The Labute approximate surface area is 157 Å². The molecule has 3 aromatic rings. The molecule has 4 nitrogen and oxygen atoms in total. The fourth-order valence-electron chi connectivity index (χ4n) is 3.48. The Kier molecular flexibility index (Phi) is 4.58. The number of aromatic nitrogens is 3. The predicted octanol–water partition coefficient (Wildman–Crippen LogP) is 4.18. The van der Waals surface area contributed by atoms with Crippen molar-refractivity contribution in [2.45, 2.75) is 32.5 Å². The molecule has 0 saturated carbocycles. The highest BCUT2D eigenvalue weighted by Crippen LogP contribution is 2.32. The smallest absolute Gasteiger partial charge is 0.198 e. The molecule has 130 valence electrons. The number of nitrogens with zero attached hydrogens (tertiary/aromatic N) is 4. The average Bonchev–Trinajstić information content (AvgIpc) is 3.20. The number of rotatable bonds is 4. The maximum Gasteiger partial charge on any atom is 0.198 e. The maximum absolute atomic E-state index is 5.64. The minimum Gasteiger partial charge on any atom is -0.307 e. The van der Waals surface area contributed by atoms with Crippen molar-refractivity contribution in [2.75, 3.05) is 6.54 Å². The Hall–Kier alpha value is -1.76. The summed E-state index contributed by atoms with van der Waals surface area (Å²) in [6.45, 7) is 4.08. The van der Waals surface area contributed by atoms with E-state index in [9.17, 15) is 0 Å². The van der Waals surface area contributed by atoms with E-state index in [1.54, 1.807) is 0 Å². The molecule has 0 N–H and O–H groups in total. The van der Waals surface area contributed by atoms with Crippen molar-refractivity contribution in [1.29, 1.82) is 0 Å². The van der Waals surface area contributed by atoms with Gasteiger partial charge >= 0.3 is 0 Å². The van der Waals surface area contributed by atoms with Crippen molar-refractivity contribution in [3.63, 3.8) is 0 Å². The number of hydrogen-bond acceptors (Lipinski definition) is 4. The van der Waals surface area contributed by atoms with Crippen LogP contribution in [0.25, 0.3) is 0 Å². The summed E-state index contributed by atoms with van der Waals surface area (Å²) in [7, 11) is 2.01. The van der Waals surface area contributed by atoms with E-state index in [4.69, 9.17) is 17.3 Å². The molecule has 0 fully saturated rings. The van der Waals surface area contributed by atoms with Crippen LogP contribution >= 0.6 is 23.6 Å². The molecule has 4 rings (SSSR count). The molecule has 0 amide bonds. The minimum absolute atomic E-state index is 0.413. The van der Waals surface area contributed by atoms with E-state index in [1.165, 1.54) is 16.0 Å². The summed E-state index contributed by atoms with van der Waals surface area (Å²) < 4.78 is 4.79. The van der Waals surface area contributed by atoms with E-state index < -0.39 is 0 Å². The molecule has 1 aliphatic heterocycles. The molecule has 6 heteroatoms. The summed E-state index contributed by atoms with van der Waals surface area (Å²) in [5, 5.41) is 7.02. The lowest BCUT2D eigenvalue weighted by Gasteiger charge is -2.33. The summed E-state index contributed by atoms with van der Waals surface area (Å²) in [6.07, 6.45) is 1.92. The lowest BCUT2D eigenvalue weighted by atomic mass is 10.0. The maximum atomic E-state index is 5.64. The Morgan fingerprint density at radius 2 is 2.04 bits per heavy atom. The Morgan fingerprint density at radius 3 is 2.84 bits per heavy atom. The third-order valence-electron chi connectivity index (χ3n) is 5.06. The fraction of sp³-hybridized carbons (Fsp3) is 0.368. The van der Waals surface area contributed by atoms with E-state index in [1.807, 2.05) is 33.7 Å². The molecule has 2 aromatic heterocycles. The van der Waals surface area contributed by atoms with E-state index in [-0.39, 0.29) is 0 Å². The van der Waals surface area contributed by atoms with Crippen LogP contribution < -0.4 is 0 Å². The second-order valence-corrected chi connectivity index (χ2v) is 7.96. The van der Waals surface area contributed by atoms with Gasteiger partial charge in [-0.25, -0.2) is 4.68 Å². The molecule has 1 atom stereocenters. The van der Waals surface area contributed by atoms with Gasteiger partial charge in [0.05, 0.1) is 6.67 Å². The second-order valence-electron chi connectivity index (χ2n) is 6.60. The summed E-state index contributed by atoms with van der Waals surface area (Å²) in [5.74, 6) is 1.01. The fourth-order valence-corrected chi connectivity index (χ4v) is 4.65. The minimum atomic E-state index is 0.413. The summed E-state index contributed by atoms with van der Waals surface area (Å²) in [4.78, 5) is 3.99. The van der Waals surface area contributed by atoms with Gasteiger partial charge in [-0.05, 0) is 48.1 Å². The van der Waals surface area contributed by atoms with E-state index >= 15 is 0 Å². The van der Waals surface area contributed by atoms with Gasteiger partial charge in [0.15, 0.2) is 4.77 Å². The Morgan fingerprint density at radius 1 is 1.24 bits per heavy atom. The average molecular weight is 371 g/mol. The van der Waals surface area contributed by atoms with Crippen LogP contribution in [0.4, 0.5) is 0 Å². The third-order valence-corrected chi connectivity index (χ3v) is 6.54. The first-order valence-electron chi connectivity index (χ1n) is 8.60. The largest absolute Gasteiger partial charge is 0.307 e. The molecule has 0 radical (unpaired) electrons. The summed E-state index contributed by atoms with van der Waals surface area (Å²) in [6, 6.07) is 13.1. The molecule has 0 aliphatic carbocycles. The normalized spacial score (nSPS) is 17.6. The zero-order chi connectivity index (χ0) is 17.4. The van der Waals surface area contributed by atoms with Gasteiger partial charge in [-0.2, -0.15) is 5.10 Å². The van der Waals surface area contributed by atoms with Crippen LogP contribution in [-0.2, 0) is 26.6 Å². The lowest BCUT2D eigenvalue weighted by Crippen LogP contribution is -2.35. The van der Waals surface area contributed by atoms with Crippen molar-refractivity contribution >= 4 is 23.6 Å². The number of hydrogen-bond donors (Lipinski definition) is 0. The third kappa shape index (κ3) is 3.21. The molecule has 1 aliphatic rings. The van der Waals surface area contributed by atoms with E-state index in [0.29, 0.717) is 6.04 Å². The van der Waals surface area contributed by atoms with Crippen LogP contribution in [0, 0.1) is 4.77 Å². The van der Waals surface area contributed by atoms with Crippen molar-refractivity contribution in [3.8, 4) is 0 Å². The first kappa shape index (κ1) is 16.7. The van der Waals surface area contributed by atoms with Crippen LogP contribution in [-0.4, -0.2) is 25.8 Å². The molecule has 0 bridgehead atoms. The van der Waals surface area contributed by atoms with Gasteiger partial charge in [0, 0.05) is 30.9 Å². The quantitative estimate of drug-likeness (QED) is 0.645. The summed E-state index contributed by atoms with van der Waals surface area (Å²) in [5.41, 5.74) is 2.72. The lowest BCUT2D eigenvalue weighted by molar-refractivity contribution is 0.144. The van der Waals surface area contributed by atoms with Gasteiger partial charge in [-0.3, -0.25) is 4.90 Å². The number of fused-ring (bicyclic) bond motifs is 1. The van der Waals surface area contributed by atoms with Crippen molar-refractivity contribution in [3.05, 3.63) is 68.4 Å². The first-order valence-corrected chi connectivity index (χ1v) is 9.89. The molecule has 0 unspecified atom stereocenters. The Bertz CT molecular complexity index is 923. The molecule has 0 saturated heterocycles. The van der Waals surface area contributed by atoms with E-state index in [0.717, 1.165) is 36.7 Å². The van der Waals surface area contributed by atoms with Gasteiger partial charge in [-0.15, -0.1) is 11.3 Å². The van der Waals surface area contributed by atoms with Gasteiger partial charge in [-0.1, -0.05) is 30.3 Å². The molecule has 1 aromatic carbocycles. The molecule has 0 spiro atoms. The topological polar surface area (TPSA) is 26.0 Å². The first-order chi connectivity index (χ1) is 12.1. The second kappa shape index (κ2) is 6.86. The van der Waals surface area contributed by atoms with Crippen LogP contribution in [0.2, 0.25) is 0 Å². The van der Waals surface area contributed by atoms with Crippen molar-refractivity contribution < 1.29 is 0 Å². The number of benzene rings is 1. The zero-order valence-electron chi connectivity index (χ0n) is 14.6. The monoisotopic (exact) mass is 370 g/mol. The molecule has 25 heavy (non-hydrogen) atoms. The zero-order valence-corrected chi connectivity index (χ0v) is 16.2. The standard InChI is InChI=1S/C19H22N4S2/c1-14-16-9-11-25-17(16)8-10-22(14)13-23-19(24)21(2)18(20-23)12-15-6-4-3-5-7-15/h3-7,9,11,14H,8,10,12-13H2,1-2H3/t14-/m0/s1. The molecular weight excluding hydrogens is 348 g/mol. The summed E-state index contributed by atoms with van der Waals surface area (Å²) >= 11 is 7.51. The van der Waals surface area contributed by atoms with E-state index in [2.05, 4.69) is 47.5 Å². The van der Waals surface area contributed by atoms with Crippen molar-refractivity contribution in [2.24, 2.45) is 7.05 Å². The molecule has 3 heterocycles. The number of thiophene rings is 1. The predicted molar refractivity (Wildman–Crippen MR) is 104 cm³/mol. The van der Waals surface area contributed by atoms with Gasteiger partial charge in [0.25, 0.3) is 0 Å². The highest BCUT2D eigenvalue weighted by Gasteiger charge is 2.25. The van der Waals surface area contributed by atoms with Gasteiger partial charge < -0.3 is 4.57 Å². The van der Waals surface area contributed by atoms with Crippen LogP contribution in [0.3, 0.4) is 0 Å². The van der Waals surface area contributed by atoms with Crippen molar-refractivity contribution in [1.82, 2.24) is 19.2 Å². The highest BCUT2D eigenvalue weighted by atomic mass is 32.1. The highest BCUT2D eigenvalue weighted by molar-refractivity contribution is 7.71. The van der Waals surface area contributed by atoms with Gasteiger partial charge in [0.2, 0.25) is 0 Å². The SMILES string of the molecule is C[C@H]1c2ccsc2CCN1Cn1nc(Cc2ccccc2)n(C)c1=S. The Balaban J connectivity index is 1.56. The van der Waals surface area contributed by atoms with Crippen LogP contribution in [0.5, 0.6) is 0 Å². The van der Waals surface area contributed by atoms with Gasteiger partial charge in [0.1, 0.15) is 5.82 Å². The van der Waals surface area contributed by atoms with Crippen LogP contribution in [0.15, 0.2) is 41.8 Å². The molecular formula is C19H22N4S2. The van der Waals surface area contributed by atoms with Crippen LogP contribution in [0.1, 0.15) is 34.8 Å².